The largest absolute Gasteiger partial charge is 0.466 e. The molecule has 6 nitrogen and oxygen atoms in total. The van der Waals surface area contributed by atoms with Gasteiger partial charge in [0.2, 0.25) is 5.91 Å². The fourth-order valence-corrected chi connectivity index (χ4v) is 11.3. The third kappa shape index (κ3) is 65.2. The number of carbonyl (C=O) groups excluding carboxylic acids is 2. The molecule has 0 spiro atoms. The zero-order valence-electron chi connectivity index (χ0n) is 54.1. The Morgan fingerprint density at radius 3 is 0.912 bits per heavy atom. The van der Waals surface area contributed by atoms with Crippen molar-refractivity contribution in [2.24, 2.45) is 0 Å². The topological polar surface area (TPSA) is 95.9 Å². The number of allylic oxidation sites excluding steroid dienone is 5. The maximum Gasteiger partial charge on any atom is 0.305 e. The van der Waals surface area contributed by atoms with Gasteiger partial charge in [-0.2, -0.15) is 0 Å². The molecule has 0 bridgehead atoms. The Labute approximate surface area is 500 Å². The highest BCUT2D eigenvalue weighted by Gasteiger charge is 2.18. The van der Waals surface area contributed by atoms with Crippen LogP contribution in [0, 0.1) is 0 Å². The van der Waals surface area contributed by atoms with Crippen molar-refractivity contribution >= 4 is 11.9 Å². The first kappa shape index (κ1) is 78.1. The number of unbranched alkanes of at least 4 members (excludes halogenated alkanes) is 53. The van der Waals surface area contributed by atoms with E-state index in [9.17, 15) is 19.8 Å². The number of nitrogens with one attached hydrogen (secondary N) is 1. The van der Waals surface area contributed by atoms with Crippen LogP contribution in [-0.4, -0.2) is 47.4 Å². The number of aliphatic hydroxyl groups is 2. The van der Waals surface area contributed by atoms with Gasteiger partial charge in [-0.1, -0.05) is 339 Å². The second-order valence-corrected chi connectivity index (χ2v) is 24.9. The zero-order chi connectivity index (χ0) is 57.8. The lowest BCUT2D eigenvalue weighted by Crippen LogP contribution is -2.45. The SMILES string of the molecule is CCCCC/C=C\CCCCCCCC(=O)OCCCCCCCCCCCCCC/C=C\CCCCCCCCCCCCCCCCCC(=O)NC(CO)C(O)/C=C/CCCCCCCCCCCCCCCCCCCC. The molecule has 0 aromatic carbocycles. The van der Waals surface area contributed by atoms with E-state index in [4.69, 9.17) is 4.74 Å². The number of hydrogen-bond donors (Lipinski definition) is 3. The molecule has 0 saturated carbocycles. The predicted octanol–water partition coefficient (Wildman–Crippen LogP) is 23.5. The van der Waals surface area contributed by atoms with Crippen molar-refractivity contribution in [3.05, 3.63) is 36.5 Å². The first-order valence-corrected chi connectivity index (χ1v) is 36.3. The Hall–Kier alpha value is -1.92. The molecule has 1 amide bonds. The highest BCUT2D eigenvalue weighted by atomic mass is 16.5. The van der Waals surface area contributed by atoms with Crippen LogP contribution in [0.2, 0.25) is 0 Å². The molecule has 80 heavy (non-hydrogen) atoms. The van der Waals surface area contributed by atoms with E-state index >= 15 is 0 Å². The van der Waals surface area contributed by atoms with Crippen LogP contribution in [0.4, 0.5) is 0 Å². The summed E-state index contributed by atoms with van der Waals surface area (Å²) in [7, 11) is 0. The minimum atomic E-state index is -0.844. The summed E-state index contributed by atoms with van der Waals surface area (Å²) in [5, 5.41) is 23.2. The van der Waals surface area contributed by atoms with Crippen LogP contribution in [0.1, 0.15) is 399 Å². The van der Waals surface area contributed by atoms with Crippen molar-refractivity contribution < 1.29 is 24.5 Å². The van der Waals surface area contributed by atoms with Crippen molar-refractivity contribution in [3.63, 3.8) is 0 Å². The Kier molecular flexibility index (Phi) is 67.9. The minimum Gasteiger partial charge on any atom is -0.466 e. The molecular weight excluding hydrogens is 983 g/mol. The third-order valence-corrected chi connectivity index (χ3v) is 16.9. The summed E-state index contributed by atoms with van der Waals surface area (Å²) >= 11 is 0. The van der Waals surface area contributed by atoms with Crippen LogP contribution < -0.4 is 5.32 Å². The van der Waals surface area contributed by atoms with Crippen LogP contribution in [-0.2, 0) is 14.3 Å². The lowest BCUT2D eigenvalue weighted by Gasteiger charge is -2.20. The van der Waals surface area contributed by atoms with Crippen molar-refractivity contribution in [1.29, 1.82) is 0 Å². The minimum absolute atomic E-state index is 0.00760. The van der Waals surface area contributed by atoms with E-state index in [-0.39, 0.29) is 18.5 Å². The maximum atomic E-state index is 12.5. The molecular formula is C74H141NO5. The number of carbonyl (C=O) groups is 2. The van der Waals surface area contributed by atoms with Gasteiger partial charge >= 0.3 is 5.97 Å². The van der Waals surface area contributed by atoms with Gasteiger partial charge in [0, 0.05) is 12.8 Å². The first-order valence-electron chi connectivity index (χ1n) is 36.3. The summed E-state index contributed by atoms with van der Waals surface area (Å²) in [6, 6.07) is -0.627. The van der Waals surface area contributed by atoms with Crippen LogP contribution in [0.5, 0.6) is 0 Å². The van der Waals surface area contributed by atoms with Crippen molar-refractivity contribution in [2.45, 2.75) is 411 Å². The van der Waals surface area contributed by atoms with E-state index in [1.165, 1.54) is 327 Å². The van der Waals surface area contributed by atoms with Crippen LogP contribution in [0.25, 0.3) is 0 Å². The lowest BCUT2D eigenvalue weighted by molar-refractivity contribution is -0.143. The summed E-state index contributed by atoms with van der Waals surface area (Å²) in [6.45, 7) is 4.91. The average Bonchev–Trinajstić information content (AvgIpc) is 3.46. The summed E-state index contributed by atoms with van der Waals surface area (Å²) in [5.74, 6) is -0.0546. The quantitative estimate of drug-likeness (QED) is 0.0320. The maximum absolute atomic E-state index is 12.5. The monoisotopic (exact) mass is 1120 g/mol. The second-order valence-electron chi connectivity index (χ2n) is 24.9. The smallest absolute Gasteiger partial charge is 0.305 e. The fourth-order valence-electron chi connectivity index (χ4n) is 11.3. The van der Waals surface area contributed by atoms with Crippen molar-refractivity contribution in [1.82, 2.24) is 5.32 Å². The van der Waals surface area contributed by atoms with E-state index in [2.05, 4.69) is 43.5 Å². The first-order chi connectivity index (χ1) is 39.5. The van der Waals surface area contributed by atoms with Crippen molar-refractivity contribution in [2.75, 3.05) is 13.2 Å². The third-order valence-electron chi connectivity index (χ3n) is 16.9. The molecule has 0 aliphatic carbocycles. The van der Waals surface area contributed by atoms with Gasteiger partial charge in [-0.15, -0.1) is 0 Å². The summed E-state index contributed by atoms with van der Waals surface area (Å²) in [5.41, 5.74) is 0. The van der Waals surface area contributed by atoms with E-state index in [0.717, 1.165) is 44.9 Å². The Balaban J connectivity index is 3.39. The summed E-state index contributed by atoms with van der Waals surface area (Å²) in [6.07, 6.45) is 89.5. The molecule has 0 fully saturated rings. The van der Waals surface area contributed by atoms with Gasteiger partial charge in [-0.05, 0) is 83.5 Å². The summed E-state index contributed by atoms with van der Waals surface area (Å²) in [4.78, 5) is 24.5. The van der Waals surface area contributed by atoms with E-state index in [1.807, 2.05) is 6.08 Å². The van der Waals surface area contributed by atoms with E-state index in [0.29, 0.717) is 19.4 Å². The Morgan fingerprint density at radius 2 is 0.588 bits per heavy atom. The highest BCUT2D eigenvalue weighted by molar-refractivity contribution is 5.76. The lowest BCUT2D eigenvalue weighted by atomic mass is 10.0. The average molecular weight is 1120 g/mol. The van der Waals surface area contributed by atoms with Crippen LogP contribution in [0.3, 0.4) is 0 Å². The molecule has 2 atom stereocenters. The number of ether oxygens (including phenoxy) is 1. The summed E-state index contributed by atoms with van der Waals surface area (Å²) < 4.78 is 5.47. The molecule has 0 aromatic heterocycles. The second kappa shape index (κ2) is 69.6. The van der Waals surface area contributed by atoms with Gasteiger partial charge in [0.15, 0.2) is 0 Å². The molecule has 0 aromatic rings. The molecule has 472 valence electrons. The van der Waals surface area contributed by atoms with Gasteiger partial charge in [0.05, 0.1) is 25.4 Å². The van der Waals surface area contributed by atoms with Gasteiger partial charge in [0.1, 0.15) is 0 Å². The number of hydrogen-bond acceptors (Lipinski definition) is 5. The molecule has 0 rings (SSSR count). The molecule has 0 saturated heterocycles. The molecule has 2 unspecified atom stereocenters. The molecule has 6 heteroatoms. The highest BCUT2D eigenvalue weighted by Crippen LogP contribution is 2.19. The molecule has 0 radical (unpaired) electrons. The number of aliphatic hydroxyl groups excluding tert-OH is 2. The number of amides is 1. The van der Waals surface area contributed by atoms with Crippen LogP contribution >= 0.6 is 0 Å². The van der Waals surface area contributed by atoms with Gasteiger partial charge in [-0.3, -0.25) is 9.59 Å². The van der Waals surface area contributed by atoms with Crippen molar-refractivity contribution in [3.8, 4) is 0 Å². The molecule has 0 aliphatic heterocycles. The standard InChI is InChI=1S/C74H141NO5/c1-3-5-7-9-11-13-15-17-18-19-20-34-37-40-43-46-50-54-58-62-66-72(77)71(70-76)75-73(78)67-63-59-55-51-47-44-41-38-35-32-30-28-26-24-22-21-23-25-27-29-31-33-36-39-42-45-49-53-57-61-65-69-80-74(79)68-64-60-56-52-48-16-14-12-10-8-6-4-2/h12,14,23,25,62,66,71-72,76-77H,3-11,13,15-22,24,26-61,63-65,67-70H2,1-2H3,(H,75,78)/b14-12-,25-23-,66-62+. The van der Waals surface area contributed by atoms with E-state index < -0.39 is 12.1 Å². The predicted molar refractivity (Wildman–Crippen MR) is 352 cm³/mol. The van der Waals surface area contributed by atoms with Crippen LogP contribution in [0.15, 0.2) is 36.5 Å². The van der Waals surface area contributed by atoms with Gasteiger partial charge in [0.25, 0.3) is 0 Å². The molecule has 3 N–H and O–H groups in total. The molecule has 0 aliphatic rings. The van der Waals surface area contributed by atoms with E-state index in [1.54, 1.807) is 6.08 Å². The van der Waals surface area contributed by atoms with Gasteiger partial charge in [-0.25, -0.2) is 0 Å². The zero-order valence-corrected chi connectivity index (χ0v) is 54.1. The fraction of sp³-hybridized carbons (Fsp3) is 0.892. The Morgan fingerprint density at radius 1 is 0.338 bits per heavy atom. The molecule has 0 heterocycles. The number of rotatable bonds is 68. The van der Waals surface area contributed by atoms with Gasteiger partial charge < -0.3 is 20.3 Å². The normalized spacial score (nSPS) is 12.7. The Bertz CT molecular complexity index is 1300. The number of esters is 1.